The van der Waals surface area contributed by atoms with Gasteiger partial charge >= 0.3 is 0 Å². The van der Waals surface area contributed by atoms with E-state index in [0.717, 1.165) is 18.9 Å². The summed E-state index contributed by atoms with van der Waals surface area (Å²) >= 11 is 0. The summed E-state index contributed by atoms with van der Waals surface area (Å²) in [6.07, 6.45) is 3.03. The fourth-order valence-corrected chi connectivity index (χ4v) is 2.10. The van der Waals surface area contributed by atoms with Crippen LogP contribution in [0.5, 0.6) is 5.75 Å². The summed E-state index contributed by atoms with van der Waals surface area (Å²) in [5.74, 6) is -1.68. The van der Waals surface area contributed by atoms with Crippen molar-refractivity contribution >= 4 is 5.78 Å². The Hall–Kier alpha value is -1.45. The molecular weight excluding hydrogens is 226 g/mol. The van der Waals surface area contributed by atoms with Crippen molar-refractivity contribution in [1.29, 1.82) is 0 Å². The third kappa shape index (κ3) is 2.81. The number of hydrogen-bond donors (Lipinski definition) is 0. The molecule has 92 valence electrons. The van der Waals surface area contributed by atoms with E-state index in [4.69, 9.17) is 4.74 Å². The highest BCUT2D eigenvalue weighted by molar-refractivity contribution is 5.82. The molecule has 4 heteroatoms. The average Bonchev–Trinajstić information content (AvgIpc) is 2.71. The van der Waals surface area contributed by atoms with Gasteiger partial charge in [-0.05, 0) is 31.4 Å². The first-order valence-electron chi connectivity index (χ1n) is 5.78. The zero-order valence-corrected chi connectivity index (χ0v) is 9.42. The van der Waals surface area contributed by atoms with Crippen LogP contribution in [0.25, 0.3) is 0 Å². The van der Waals surface area contributed by atoms with E-state index in [2.05, 4.69) is 0 Å². The van der Waals surface area contributed by atoms with Gasteiger partial charge in [0.1, 0.15) is 5.78 Å². The number of hydrogen-bond acceptors (Lipinski definition) is 2. The van der Waals surface area contributed by atoms with Crippen LogP contribution in [-0.4, -0.2) is 12.4 Å². The Morgan fingerprint density at radius 2 is 2.18 bits per heavy atom. The molecule has 1 unspecified atom stereocenters. The van der Waals surface area contributed by atoms with Crippen molar-refractivity contribution in [2.24, 2.45) is 5.92 Å². The summed E-state index contributed by atoms with van der Waals surface area (Å²) in [6, 6.07) is 3.83. The van der Waals surface area contributed by atoms with Crippen LogP contribution >= 0.6 is 0 Å². The first-order chi connectivity index (χ1) is 8.18. The van der Waals surface area contributed by atoms with Crippen molar-refractivity contribution in [3.63, 3.8) is 0 Å². The summed E-state index contributed by atoms with van der Waals surface area (Å²) in [6.45, 7) is 0.247. The molecule has 0 saturated heterocycles. The van der Waals surface area contributed by atoms with Gasteiger partial charge in [0.15, 0.2) is 11.6 Å². The smallest absolute Gasteiger partial charge is 0.200 e. The molecule has 0 bridgehead atoms. The van der Waals surface area contributed by atoms with Crippen LogP contribution < -0.4 is 4.74 Å². The van der Waals surface area contributed by atoms with Gasteiger partial charge in [-0.2, -0.15) is 4.39 Å². The molecule has 1 aliphatic rings. The van der Waals surface area contributed by atoms with E-state index in [9.17, 15) is 13.6 Å². The third-order valence-electron chi connectivity index (χ3n) is 3.07. The fraction of sp³-hybridized carbons (Fsp3) is 0.462. The minimum atomic E-state index is -0.967. The van der Waals surface area contributed by atoms with E-state index in [0.29, 0.717) is 12.8 Å². The van der Waals surface area contributed by atoms with Gasteiger partial charge in [-0.25, -0.2) is 4.39 Å². The molecule has 0 spiro atoms. The predicted octanol–water partition coefficient (Wildman–Crippen LogP) is 3.10. The van der Waals surface area contributed by atoms with Gasteiger partial charge in [-0.1, -0.05) is 6.07 Å². The average molecular weight is 240 g/mol. The lowest BCUT2D eigenvalue weighted by atomic mass is 10.0. The summed E-state index contributed by atoms with van der Waals surface area (Å²) in [5.41, 5.74) is 0. The molecule has 2 nitrogen and oxygen atoms in total. The fourth-order valence-electron chi connectivity index (χ4n) is 2.10. The second kappa shape index (κ2) is 5.25. The summed E-state index contributed by atoms with van der Waals surface area (Å²) in [4.78, 5) is 11.3. The Morgan fingerprint density at radius 1 is 1.35 bits per heavy atom. The van der Waals surface area contributed by atoms with Gasteiger partial charge in [-0.15, -0.1) is 0 Å². The lowest BCUT2D eigenvalue weighted by Crippen LogP contribution is -2.11. The Bertz CT molecular complexity index is 418. The number of halogens is 2. The molecule has 1 aromatic rings. The van der Waals surface area contributed by atoms with Gasteiger partial charge in [-0.3, -0.25) is 4.79 Å². The largest absolute Gasteiger partial charge is 0.490 e. The highest BCUT2D eigenvalue weighted by Crippen LogP contribution is 2.25. The van der Waals surface area contributed by atoms with E-state index < -0.39 is 11.6 Å². The van der Waals surface area contributed by atoms with Crippen molar-refractivity contribution < 1.29 is 18.3 Å². The van der Waals surface area contributed by atoms with Gasteiger partial charge in [0.2, 0.25) is 5.82 Å². The number of carbonyl (C=O) groups is 1. The molecule has 0 amide bonds. The van der Waals surface area contributed by atoms with Gasteiger partial charge in [0, 0.05) is 12.3 Å². The van der Waals surface area contributed by atoms with Crippen molar-refractivity contribution in [1.82, 2.24) is 0 Å². The molecule has 0 aromatic heterocycles. The molecule has 0 radical (unpaired) electrons. The molecule has 1 atom stereocenters. The van der Waals surface area contributed by atoms with Crippen LogP contribution in [0.2, 0.25) is 0 Å². The maximum atomic E-state index is 13.2. The molecule has 17 heavy (non-hydrogen) atoms. The van der Waals surface area contributed by atoms with E-state index in [-0.39, 0.29) is 24.1 Å². The highest BCUT2D eigenvalue weighted by atomic mass is 19.2. The Morgan fingerprint density at radius 3 is 2.88 bits per heavy atom. The minimum absolute atomic E-state index is 0.0339. The molecular formula is C13H14F2O2. The van der Waals surface area contributed by atoms with Crippen LogP contribution in [0, 0.1) is 17.6 Å². The Kier molecular flexibility index (Phi) is 3.71. The van der Waals surface area contributed by atoms with Crippen LogP contribution in [0.4, 0.5) is 8.78 Å². The number of benzene rings is 1. The highest BCUT2D eigenvalue weighted by Gasteiger charge is 2.24. The lowest BCUT2D eigenvalue weighted by Gasteiger charge is -2.10. The second-order valence-electron chi connectivity index (χ2n) is 4.24. The quantitative estimate of drug-likeness (QED) is 0.808. The number of carbonyl (C=O) groups excluding carboxylic acids is 1. The molecule has 1 fully saturated rings. The van der Waals surface area contributed by atoms with Gasteiger partial charge in [0.25, 0.3) is 0 Å². The number of ketones is 1. The SMILES string of the molecule is O=C1CCCC1CCOc1cccc(F)c1F. The van der Waals surface area contributed by atoms with Gasteiger partial charge in [0.05, 0.1) is 6.61 Å². The third-order valence-corrected chi connectivity index (χ3v) is 3.07. The van der Waals surface area contributed by atoms with E-state index in [1.54, 1.807) is 0 Å². The van der Waals surface area contributed by atoms with E-state index >= 15 is 0 Å². The van der Waals surface area contributed by atoms with Crippen LogP contribution in [0.15, 0.2) is 18.2 Å². The zero-order valence-electron chi connectivity index (χ0n) is 9.42. The van der Waals surface area contributed by atoms with Crippen LogP contribution in [0.1, 0.15) is 25.7 Å². The second-order valence-corrected chi connectivity index (χ2v) is 4.24. The monoisotopic (exact) mass is 240 g/mol. The summed E-state index contributed by atoms with van der Waals surface area (Å²) in [7, 11) is 0. The standard InChI is InChI=1S/C13H14F2O2/c14-10-4-2-6-12(13(10)15)17-8-7-9-3-1-5-11(9)16/h2,4,6,9H,1,3,5,7-8H2. The molecule has 1 aliphatic carbocycles. The molecule has 1 saturated carbocycles. The first kappa shape index (κ1) is 12.0. The maximum Gasteiger partial charge on any atom is 0.200 e. The first-order valence-corrected chi connectivity index (χ1v) is 5.78. The molecule has 0 aliphatic heterocycles. The van der Waals surface area contributed by atoms with Crippen molar-refractivity contribution in [3.05, 3.63) is 29.8 Å². The maximum absolute atomic E-state index is 13.2. The number of ether oxygens (including phenoxy) is 1. The van der Waals surface area contributed by atoms with E-state index in [1.807, 2.05) is 0 Å². The van der Waals surface area contributed by atoms with Gasteiger partial charge < -0.3 is 4.74 Å². The number of rotatable bonds is 4. The Balaban J connectivity index is 1.86. The summed E-state index contributed by atoms with van der Waals surface area (Å²) < 4.78 is 31.2. The Labute approximate surface area is 98.6 Å². The molecule has 1 aromatic carbocycles. The van der Waals surface area contributed by atoms with E-state index in [1.165, 1.54) is 12.1 Å². The van der Waals surface area contributed by atoms with Crippen molar-refractivity contribution in [2.75, 3.05) is 6.61 Å². The topological polar surface area (TPSA) is 26.3 Å². The van der Waals surface area contributed by atoms with Crippen LogP contribution in [-0.2, 0) is 4.79 Å². The van der Waals surface area contributed by atoms with Crippen molar-refractivity contribution in [2.45, 2.75) is 25.7 Å². The lowest BCUT2D eigenvalue weighted by molar-refractivity contribution is -0.121. The number of Topliss-reactive ketones (excluding diaryl/α,β-unsaturated/α-hetero) is 1. The summed E-state index contributed by atoms with van der Waals surface area (Å²) in [5, 5.41) is 0. The minimum Gasteiger partial charge on any atom is -0.490 e. The zero-order chi connectivity index (χ0) is 12.3. The normalized spacial score (nSPS) is 19.6. The molecule has 0 N–H and O–H groups in total. The molecule has 0 heterocycles. The van der Waals surface area contributed by atoms with Crippen molar-refractivity contribution in [3.8, 4) is 5.75 Å². The predicted molar refractivity (Wildman–Crippen MR) is 58.8 cm³/mol. The van der Waals surface area contributed by atoms with Crippen LogP contribution in [0.3, 0.4) is 0 Å². The molecule has 2 rings (SSSR count).